The van der Waals surface area contributed by atoms with E-state index in [0.29, 0.717) is 31.5 Å². The molecule has 0 atom stereocenters. The second-order valence-corrected chi connectivity index (χ2v) is 13.2. The molecular formula is C41H48BCl4N6O5+. The molecule has 302 valence electrons. The summed E-state index contributed by atoms with van der Waals surface area (Å²) in [4.78, 5) is 15.3. The van der Waals surface area contributed by atoms with Crippen molar-refractivity contribution in [3.63, 3.8) is 0 Å². The number of hydrogen-bond donors (Lipinski definition) is 7. The van der Waals surface area contributed by atoms with E-state index in [1.165, 1.54) is 44.1 Å². The lowest BCUT2D eigenvalue weighted by Crippen LogP contribution is -2.29. The first-order valence-electron chi connectivity index (χ1n) is 17.9. The van der Waals surface area contributed by atoms with Gasteiger partial charge in [-0.1, -0.05) is 53.2 Å². The zero-order valence-corrected chi connectivity index (χ0v) is 35.7. The molecule has 0 saturated heterocycles. The van der Waals surface area contributed by atoms with Crippen molar-refractivity contribution < 1.29 is 24.5 Å². The Hall–Kier alpha value is -5.01. The van der Waals surface area contributed by atoms with Crippen molar-refractivity contribution >= 4 is 94.0 Å². The summed E-state index contributed by atoms with van der Waals surface area (Å²) in [6.07, 6.45) is 0. The Morgan fingerprint density at radius 1 is 0.702 bits per heavy atom. The molecule has 0 aromatic heterocycles. The summed E-state index contributed by atoms with van der Waals surface area (Å²) in [5.41, 5.74) is 10.1. The molecule has 6 rings (SSSR count). The highest BCUT2D eigenvalue weighted by Crippen LogP contribution is 2.31. The van der Waals surface area contributed by atoms with Crippen LogP contribution in [0.4, 0.5) is 22.7 Å². The molecule has 0 bridgehead atoms. The number of phenols is 3. The summed E-state index contributed by atoms with van der Waals surface area (Å²) in [6.45, 7) is 14.7. The summed E-state index contributed by atoms with van der Waals surface area (Å²) in [7, 11) is 4.50. The van der Waals surface area contributed by atoms with Gasteiger partial charge in [0.25, 0.3) is 0 Å². The zero-order chi connectivity index (χ0) is 42.7. The van der Waals surface area contributed by atoms with Gasteiger partial charge in [0.15, 0.2) is 11.3 Å². The van der Waals surface area contributed by atoms with Crippen LogP contribution in [0.15, 0.2) is 89.3 Å². The third-order valence-electron chi connectivity index (χ3n) is 7.51. The molecule has 4 aromatic carbocycles. The van der Waals surface area contributed by atoms with Gasteiger partial charge in [0.05, 0.1) is 56.8 Å². The van der Waals surface area contributed by atoms with Crippen molar-refractivity contribution in [1.29, 1.82) is 0 Å². The third kappa shape index (κ3) is 15.5. The zero-order valence-electron chi connectivity index (χ0n) is 32.6. The van der Waals surface area contributed by atoms with Gasteiger partial charge in [-0.3, -0.25) is 4.79 Å². The number of nitrogens with two attached hydrogens (primary N) is 1. The summed E-state index contributed by atoms with van der Waals surface area (Å²) >= 11 is 23.3. The Balaban J connectivity index is 0.000000280. The van der Waals surface area contributed by atoms with Crippen molar-refractivity contribution in [1.82, 2.24) is 9.56 Å². The quantitative estimate of drug-likeness (QED) is 0.0358. The molecule has 1 aliphatic carbocycles. The van der Waals surface area contributed by atoms with Crippen LogP contribution < -0.4 is 31.6 Å². The van der Waals surface area contributed by atoms with Crippen LogP contribution in [0, 0.1) is 0 Å². The van der Waals surface area contributed by atoms with E-state index < -0.39 is 0 Å². The number of nitrogens with zero attached hydrogens (tertiary/aromatic N) is 2. The van der Waals surface area contributed by atoms with E-state index in [1.807, 2.05) is 32.0 Å². The molecule has 0 unspecified atom stereocenters. The number of anilines is 4. The van der Waals surface area contributed by atoms with E-state index in [1.54, 1.807) is 24.3 Å². The van der Waals surface area contributed by atoms with Gasteiger partial charge in [-0.05, 0) is 76.2 Å². The molecule has 1 heterocycles. The fourth-order valence-electron chi connectivity index (χ4n) is 4.92. The topological polar surface area (TPSA) is 169 Å². The van der Waals surface area contributed by atoms with Crippen LogP contribution in [0.2, 0.25) is 26.9 Å². The first-order chi connectivity index (χ1) is 27.2. The van der Waals surface area contributed by atoms with E-state index in [-0.39, 0.29) is 23.2 Å². The Morgan fingerprint density at radius 3 is 1.72 bits per heavy atom. The van der Waals surface area contributed by atoms with Crippen molar-refractivity contribution in [3.8, 4) is 28.7 Å². The minimum Gasteiger partial charge on any atom is -0.508 e. The number of hydrogen-bond acceptors (Lipinski definition) is 9. The van der Waals surface area contributed by atoms with Gasteiger partial charge < -0.3 is 41.4 Å². The summed E-state index contributed by atoms with van der Waals surface area (Å²) < 4.78 is 8.36. The molecule has 0 fully saturated rings. The number of amides is 1. The maximum Gasteiger partial charge on any atom is 0.221 e. The van der Waals surface area contributed by atoms with Gasteiger partial charge in [0.1, 0.15) is 41.5 Å². The predicted octanol–water partition coefficient (Wildman–Crippen LogP) is 10.1. The highest BCUT2D eigenvalue weighted by Gasteiger charge is 2.13. The molecule has 16 heteroatoms. The predicted molar refractivity (Wildman–Crippen MR) is 240 cm³/mol. The molecule has 8 N–H and O–H groups in total. The summed E-state index contributed by atoms with van der Waals surface area (Å²) in [6, 6.07) is 23.5. The number of aromatic nitrogens is 1. The lowest BCUT2D eigenvalue weighted by atomic mass is 10.2. The van der Waals surface area contributed by atoms with E-state index in [0.717, 1.165) is 65.5 Å². The van der Waals surface area contributed by atoms with Crippen LogP contribution in [0.25, 0.3) is 22.6 Å². The molecule has 2 radical (unpaired) electrons. The Morgan fingerprint density at radius 2 is 1.21 bits per heavy atom. The standard InChI is InChI=1S/C18H20ClN3O.C8H8ClNO2.C8H10ClNO.C6H6ClNO.CH3B/c1-4-20-15-11-18-16(10-13(15)19)21-14-8-7-12(9-17(14)23-18)22(5-2)6-3;1-5(11)10-8-4-6(12)2-3-7(8)9;1-2-10-8-5-6(11)3-4-7(8)9;7-5-2-1-4(9)3-6(5)8;1-2/h7-11H,4-6H2,1-3H3;2-4,12H,1H3,(H,10,11);3-5,10-11H,2H2,1H3;1-3,9H,8H2;1H3/p+1. The number of aromatic hydroxyl groups is 3. The first kappa shape index (κ1) is 48.1. The molecule has 57 heavy (non-hydrogen) atoms. The highest BCUT2D eigenvalue weighted by molar-refractivity contribution is 6.34. The SMILES string of the molecule is CC(=O)Nc1cc(O)ccc1Cl.CCNc1cc(O)ccc1Cl.CCNc1cc2oc3cc(=[N+](CC)CC)ccc-3nc2cc1Cl.Nc1cc(O)ccc1Cl.[B]C. The molecule has 1 amide bonds. The average Bonchev–Trinajstić information content (AvgIpc) is 3.18. The second kappa shape index (κ2) is 24.6. The number of halogens is 4. The van der Waals surface area contributed by atoms with Crippen LogP contribution in [-0.4, -0.2) is 60.2 Å². The van der Waals surface area contributed by atoms with Crippen LogP contribution in [0.3, 0.4) is 0 Å². The number of nitrogen functional groups attached to an aromatic ring is 1. The van der Waals surface area contributed by atoms with Gasteiger partial charge >= 0.3 is 0 Å². The minimum absolute atomic E-state index is 0.0724. The monoisotopic (exact) mass is 855 g/mol. The second-order valence-electron chi connectivity index (χ2n) is 11.6. The smallest absolute Gasteiger partial charge is 0.221 e. The van der Waals surface area contributed by atoms with Crippen LogP contribution >= 0.6 is 46.4 Å². The van der Waals surface area contributed by atoms with Crippen LogP contribution in [0.1, 0.15) is 34.6 Å². The molecule has 11 nitrogen and oxygen atoms in total. The number of fused-ring (bicyclic) bond motifs is 2. The number of rotatable bonds is 7. The molecule has 0 saturated carbocycles. The van der Waals surface area contributed by atoms with E-state index in [9.17, 15) is 4.79 Å². The van der Waals surface area contributed by atoms with Crippen molar-refractivity contribution in [2.24, 2.45) is 0 Å². The van der Waals surface area contributed by atoms with Crippen molar-refractivity contribution in [2.45, 2.75) is 41.4 Å². The first-order valence-corrected chi connectivity index (χ1v) is 19.4. The number of phenolic OH excluding ortho intramolecular Hbond substituents is 3. The Kier molecular flexibility index (Phi) is 20.8. The average molecular weight is 857 g/mol. The number of carbonyl (C=O) groups is 1. The lowest BCUT2D eigenvalue weighted by molar-refractivity contribution is -0.114. The largest absolute Gasteiger partial charge is 0.508 e. The summed E-state index contributed by atoms with van der Waals surface area (Å²) in [5, 5.41) is 38.9. The Labute approximate surface area is 354 Å². The number of benzene rings is 5. The summed E-state index contributed by atoms with van der Waals surface area (Å²) in [5.74, 6) is 1.000. The van der Waals surface area contributed by atoms with E-state index in [4.69, 9.17) is 71.9 Å². The van der Waals surface area contributed by atoms with Crippen LogP contribution in [0.5, 0.6) is 17.2 Å². The number of carbonyl (C=O) groups excluding carboxylic acids is 1. The van der Waals surface area contributed by atoms with Gasteiger partial charge in [0, 0.05) is 50.3 Å². The van der Waals surface area contributed by atoms with Gasteiger partial charge in [0.2, 0.25) is 11.3 Å². The molecule has 1 aliphatic heterocycles. The maximum absolute atomic E-state index is 10.6. The normalized spacial score (nSPS) is 9.93. The van der Waals surface area contributed by atoms with E-state index in [2.05, 4.69) is 59.3 Å². The van der Waals surface area contributed by atoms with Crippen molar-refractivity contribution in [3.05, 3.63) is 110 Å². The van der Waals surface area contributed by atoms with Gasteiger partial charge in [-0.2, -0.15) is 0 Å². The maximum atomic E-state index is 10.6. The molecule has 0 spiro atoms. The Bertz CT molecular complexity index is 2250. The molecule has 4 aromatic rings. The van der Waals surface area contributed by atoms with Crippen LogP contribution in [-0.2, 0) is 4.79 Å². The lowest BCUT2D eigenvalue weighted by Gasteiger charge is -2.10. The van der Waals surface area contributed by atoms with Crippen molar-refractivity contribution in [2.75, 3.05) is 47.9 Å². The van der Waals surface area contributed by atoms with E-state index >= 15 is 0 Å². The number of nitrogens with one attached hydrogen (secondary N) is 3. The molecule has 2 aliphatic rings. The highest BCUT2D eigenvalue weighted by atomic mass is 35.5. The van der Waals surface area contributed by atoms with Gasteiger partial charge in [-0.15, -0.1) is 0 Å². The fourth-order valence-corrected chi connectivity index (χ4v) is 5.61. The molecular weight excluding hydrogens is 809 g/mol. The third-order valence-corrected chi connectivity index (χ3v) is 8.82. The van der Waals surface area contributed by atoms with Gasteiger partial charge in [-0.25, -0.2) is 9.56 Å². The minimum atomic E-state index is -0.220. The fraction of sp³-hybridized carbons (Fsp3) is 0.244.